The Balaban J connectivity index is 1.45. The minimum Gasteiger partial charge on any atom is -0.361 e. The highest BCUT2D eigenvalue weighted by Crippen LogP contribution is 2.23. The summed E-state index contributed by atoms with van der Waals surface area (Å²) in [5.41, 5.74) is 2.33. The number of aromatic nitrogens is 1. The fraction of sp³-hybridized carbons (Fsp3) is 0.238. The molecule has 2 heterocycles. The topological polar surface area (TPSA) is 65.2 Å². The van der Waals surface area contributed by atoms with Gasteiger partial charge in [0.1, 0.15) is 0 Å². The number of anilines is 1. The Bertz CT molecular complexity index is 998. The predicted octanol–water partition coefficient (Wildman–Crippen LogP) is 4.31. The molecule has 1 atom stereocenters. The Morgan fingerprint density at radius 1 is 1.15 bits per heavy atom. The fourth-order valence-corrected chi connectivity index (χ4v) is 3.75. The summed E-state index contributed by atoms with van der Waals surface area (Å²) in [4.78, 5) is 30.4. The van der Waals surface area contributed by atoms with E-state index in [0.717, 1.165) is 23.7 Å². The molecule has 1 aromatic heterocycles. The second kappa shape index (κ2) is 7.45. The van der Waals surface area contributed by atoms with Gasteiger partial charge >= 0.3 is 0 Å². The number of carbonyl (C=O) groups is 2. The van der Waals surface area contributed by atoms with Gasteiger partial charge in [-0.05, 0) is 55.3 Å². The van der Waals surface area contributed by atoms with Gasteiger partial charge in [-0.3, -0.25) is 9.59 Å². The lowest BCUT2D eigenvalue weighted by atomic mass is 9.96. The number of fused-ring (bicyclic) bond motifs is 1. The third-order valence-electron chi connectivity index (χ3n) is 4.97. The van der Waals surface area contributed by atoms with Crippen LogP contribution in [-0.4, -0.2) is 34.8 Å². The number of hydrogen-bond acceptors (Lipinski definition) is 2. The van der Waals surface area contributed by atoms with E-state index >= 15 is 0 Å². The summed E-state index contributed by atoms with van der Waals surface area (Å²) in [6.07, 6.45) is 3.44. The molecule has 0 bridgehead atoms. The molecule has 27 heavy (non-hydrogen) atoms. The van der Waals surface area contributed by atoms with E-state index in [1.807, 2.05) is 36.5 Å². The number of nitrogens with one attached hydrogen (secondary N) is 2. The quantitative estimate of drug-likeness (QED) is 0.709. The lowest BCUT2D eigenvalue weighted by Crippen LogP contribution is -2.43. The zero-order valence-corrected chi connectivity index (χ0v) is 15.5. The smallest absolute Gasteiger partial charge is 0.253 e. The normalized spacial score (nSPS) is 17.1. The van der Waals surface area contributed by atoms with Crippen molar-refractivity contribution in [3.63, 3.8) is 0 Å². The van der Waals surface area contributed by atoms with Gasteiger partial charge in [-0.25, -0.2) is 0 Å². The second-order valence-electron chi connectivity index (χ2n) is 6.87. The number of nitrogens with zero attached hydrogens (tertiary/aromatic N) is 1. The van der Waals surface area contributed by atoms with E-state index in [0.29, 0.717) is 29.4 Å². The molecule has 1 aliphatic heterocycles. The van der Waals surface area contributed by atoms with Crippen LogP contribution in [0.1, 0.15) is 23.2 Å². The first-order chi connectivity index (χ1) is 13.1. The zero-order valence-electron chi connectivity index (χ0n) is 14.7. The Hall–Kier alpha value is -2.79. The molecule has 5 nitrogen and oxygen atoms in total. The number of aromatic amines is 1. The molecule has 0 unspecified atom stereocenters. The van der Waals surface area contributed by atoms with Crippen LogP contribution in [-0.2, 0) is 4.79 Å². The minimum absolute atomic E-state index is 0.0293. The van der Waals surface area contributed by atoms with E-state index in [-0.39, 0.29) is 17.7 Å². The molecule has 2 N–H and O–H groups in total. The number of piperidine rings is 1. The summed E-state index contributed by atoms with van der Waals surface area (Å²) in [7, 11) is 0. The van der Waals surface area contributed by atoms with Crippen LogP contribution < -0.4 is 5.32 Å². The van der Waals surface area contributed by atoms with Crippen molar-refractivity contribution in [1.82, 2.24) is 9.88 Å². The van der Waals surface area contributed by atoms with Crippen molar-refractivity contribution in [1.29, 1.82) is 0 Å². The molecule has 0 radical (unpaired) electrons. The van der Waals surface area contributed by atoms with Gasteiger partial charge in [-0.15, -0.1) is 0 Å². The lowest BCUT2D eigenvalue weighted by Gasteiger charge is -2.32. The van der Waals surface area contributed by atoms with Crippen LogP contribution in [0.15, 0.2) is 54.7 Å². The number of rotatable bonds is 3. The van der Waals surface area contributed by atoms with Crippen LogP contribution in [0.5, 0.6) is 0 Å². The standard InChI is InChI=1S/C21H20ClN3O2/c22-17-4-1-5-18(12-17)24-20(26)16-3-2-10-25(13-16)21(27)15-6-7-19-14(11-15)8-9-23-19/h1,4-9,11-12,16,23H,2-3,10,13H2,(H,24,26)/t16-/m1/s1. The van der Waals surface area contributed by atoms with Gasteiger partial charge in [0.2, 0.25) is 5.91 Å². The highest BCUT2D eigenvalue weighted by Gasteiger charge is 2.29. The molecule has 4 rings (SSSR count). The molecule has 2 aromatic carbocycles. The van der Waals surface area contributed by atoms with Crippen LogP contribution in [0.4, 0.5) is 5.69 Å². The van der Waals surface area contributed by atoms with Crippen molar-refractivity contribution in [3.8, 4) is 0 Å². The number of halogens is 1. The maximum Gasteiger partial charge on any atom is 0.253 e. The zero-order chi connectivity index (χ0) is 18.8. The summed E-state index contributed by atoms with van der Waals surface area (Å²) in [6.45, 7) is 1.10. The SMILES string of the molecule is O=C(Nc1cccc(Cl)c1)[C@@H]1CCCN(C(=O)c2ccc3[nH]ccc3c2)C1. The van der Waals surface area contributed by atoms with Crippen LogP contribution in [0.2, 0.25) is 5.02 Å². The molecule has 138 valence electrons. The lowest BCUT2D eigenvalue weighted by molar-refractivity contribution is -0.121. The van der Waals surface area contributed by atoms with E-state index in [4.69, 9.17) is 11.6 Å². The van der Waals surface area contributed by atoms with E-state index in [2.05, 4.69) is 10.3 Å². The first-order valence-electron chi connectivity index (χ1n) is 9.03. The Kier molecular flexibility index (Phi) is 4.86. The number of hydrogen-bond donors (Lipinski definition) is 2. The first-order valence-corrected chi connectivity index (χ1v) is 9.41. The van der Waals surface area contributed by atoms with E-state index in [1.54, 1.807) is 23.1 Å². The molecule has 2 amide bonds. The van der Waals surface area contributed by atoms with Crippen LogP contribution in [0.25, 0.3) is 10.9 Å². The average molecular weight is 382 g/mol. The molecule has 0 aliphatic carbocycles. The molecular weight excluding hydrogens is 362 g/mol. The second-order valence-corrected chi connectivity index (χ2v) is 7.31. The van der Waals surface area contributed by atoms with Gasteiger partial charge in [0, 0.05) is 46.5 Å². The number of amides is 2. The average Bonchev–Trinajstić information content (AvgIpc) is 3.15. The van der Waals surface area contributed by atoms with Crippen molar-refractivity contribution >= 4 is 40.0 Å². The Morgan fingerprint density at radius 2 is 2.04 bits per heavy atom. The van der Waals surface area contributed by atoms with Crippen LogP contribution in [0.3, 0.4) is 0 Å². The summed E-state index contributed by atoms with van der Waals surface area (Å²) in [5.74, 6) is -0.327. The fourth-order valence-electron chi connectivity index (χ4n) is 3.56. The third-order valence-corrected chi connectivity index (χ3v) is 5.21. The van der Waals surface area contributed by atoms with Gasteiger partial charge in [-0.2, -0.15) is 0 Å². The van der Waals surface area contributed by atoms with E-state index < -0.39 is 0 Å². The molecule has 6 heteroatoms. The van der Waals surface area contributed by atoms with Gasteiger partial charge in [-0.1, -0.05) is 17.7 Å². The molecule has 0 spiro atoms. The van der Waals surface area contributed by atoms with Crippen molar-refractivity contribution in [3.05, 3.63) is 65.3 Å². The summed E-state index contributed by atoms with van der Waals surface area (Å²) in [5, 5.41) is 4.49. The molecule has 1 fully saturated rings. The number of H-pyrrole nitrogens is 1. The van der Waals surface area contributed by atoms with E-state index in [1.165, 1.54) is 0 Å². The van der Waals surface area contributed by atoms with Crippen molar-refractivity contribution < 1.29 is 9.59 Å². The van der Waals surface area contributed by atoms with Crippen molar-refractivity contribution in [2.24, 2.45) is 5.92 Å². The predicted molar refractivity (Wildman–Crippen MR) is 107 cm³/mol. The van der Waals surface area contributed by atoms with Gasteiger partial charge in [0.25, 0.3) is 5.91 Å². The highest BCUT2D eigenvalue weighted by molar-refractivity contribution is 6.30. The molecule has 3 aromatic rings. The molecule has 1 aliphatic rings. The van der Waals surface area contributed by atoms with Gasteiger partial charge in [0.15, 0.2) is 0 Å². The summed E-state index contributed by atoms with van der Waals surface area (Å²) in [6, 6.07) is 14.7. The van der Waals surface area contributed by atoms with E-state index in [9.17, 15) is 9.59 Å². The maximum atomic E-state index is 12.9. The number of benzene rings is 2. The Labute approximate surface area is 162 Å². The largest absolute Gasteiger partial charge is 0.361 e. The van der Waals surface area contributed by atoms with Gasteiger partial charge in [0.05, 0.1) is 5.92 Å². The Morgan fingerprint density at radius 3 is 2.89 bits per heavy atom. The molecule has 0 saturated carbocycles. The summed E-state index contributed by atoms with van der Waals surface area (Å²) < 4.78 is 0. The maximum absolute atomic E-state index is 12.9. The number of likely N-dealkylation sites (tertiary alicyclic amines) is 1. The van der Waals surface area contributed by atoms with Crippen molar-refractivity contribution in [2.45, 2.75) is 12.8 Å². The van der Waals surface area contributed by atoms with Crippen molar-refractivity contribution in [2.75, 3.05) is 18.4 Å². The number of carbonyl (C=O) groups excluding carboxylic acids is 2. The highest BCUT2D eigenvalue weighted by atomic mass is 35.5. The monoisotopic (exact) mass is 381 g/mol. The van der Waals surface area contributed by atoms with Crippen LogP contribution >= 0.6 is 11.6 Å². The first kappa shape index (κ1) is 17.6. The summed E-state index contributed by atoms with van der Waals surface area (Å²) >= 11 is 5.97. The molecular formula is C21H20ClN3O2. The van der Waals surface area contributed by atoms with Crippen LogP contribution in [0, 0.1) is 5.92 Å². The molecule has 1 saturated heterocycles. The van der Waals surface area contributed by atoms with Gasteiger partial charge < -0.3 is 15.2 Å². The third kappa shape index (κ3) is 3.83. The minimum atomic E-state index is -0.224.